The summed E-state index contributed by atoms with van der Waals surface area (Å²) >= 11 is 7.62. The first-order valence-corrected chi connectivity index (χ1v) is 6.32. The molecule has 0 bridgehead atoms. The van der Waals surface area contributed by atoms with Crippen LogP contribution in [0.15, 0.2) is 52.3 Å². The molecule has 2 aromatic rings. The predicted octanol–water partition coefficient (Wildman–Crippen LogP) is 4.67. The molecule has 0 radical (unpaired) electrons. The Morgan fingerprint density at radius 2 is 1.71 bits per heavy atom. The molecule has 1 nitrogen and oxygen atoms in total. The van der Waals surface area contributed by atoms with Crippen LogP contribution in [0.25, 0.3) is 0 Å². The van der Waals surface area contributed by atoms with Gasteiger partial charge in [-0.05, 0) is 37.3 Å². The summed E-state index contributed by atoms with van der Waals surface area (Å²) in [5.41, 5.74) is 1.76. The normalized spacial score (nSPS) is 9.94. The molecule has 0 heterocycles. The monoisotopic (exact) mass is 259 g/mol. The quantitative estimate of drug-likeness (QED) is 0.782. The Hall–Kier alpha value is -1.43. The molecule has 0 N–H and O–H groups in total. The highest BCUT2D eigenvalue weighted by Crippen LogP contribution is 2.30. The van der Waals surface area contributed by atoms with E-state index in [1.807, 2.05) is 12.1 Å². The number of halogens is 1. The van der Waals surface area contributed by atoms with Crippen LogP contribution in [-0.2, 0) is 0 Å². The average Bonchev–Trinajstić information content (AvgIpc) is 2.32. The van der Waals surface area contributed by atoms with Crippen molar-refractivity contribution >= 4 is 23.4 Å². The highest BCUT2D eigenvalue weighted by Gasteiger charge is 2.02. The number of benzene rings is 2. The Bertz CT molecular complexity index is 570. The Kier molecular flexibility index (Phi) is 3.73. The summed E-state index contributed by atoms with van der Waals surface area (Å²) in [4.78, 5) is 2.20. The van der Waals surface area contributed by atoms with E-state index in [-0.39, 0.29) is 0 Å². The molecule has 3 heteroatoms. The highest BCUT2D eigenvalue weighted by atomic mass is 35.5. The fourth-order valence-corrected chi connectivity index (χ4v) is 2.54. The van der Waals surface area contributed by atoms with Gasteiger partial charge in [-0.1, -0.05) is 41.1 Å². The zero-order valence-electron chi connectivity index (χ0n) is 9.27. The Morgan fingerprint density at radius 1 is 1.06 bits per heavy atom. The highest BCUT2D eigenvalue weighted by molar-refractivity contribution is 7.99. The largest absolute Gasteiger partial charge is 0.192 e. The molecule has 0 aliphatic carbocycles. The minimum atomic E-state index is 0.504. The number of aryl methyl sites for hydroxylation is 1. The van der Waals surface area contributed by atoms with Crippen molar-refractivity contribution in [2.24, 2.45) is 0 Å². The fraction of sp³-hybridized carbons (Fsp3) is 0.0714. The molecule has 0 saturated heterocycles. The maximum atomic E-state index is 8.79. The summed E-state index contributed by atoms with van der Waals surface area (Å²) < 4.78 is 0. The summed E-state index contributed by atoms with van der Waals surface area (Å²) in [6.45, 7) is 2.06. The van der Waals surface area contributed by atoms with Crippen molar-refractivity contribution in [3.63, 3.8) is 0 Å². The van der Waals surface area contributed by atoms with Crippen molar-refractivity contribution < 1.29 is 0 Å². The molecule has 0 amide bonds. The van der Waals surface area contributed by atoms with Gasteiger partial charge in [0, 0.05) is 9.79 Å². The average molecular weight is 260 g/mol. The Morgan fingerprint density at radius 3 is 2.29 bits per heavy atom. The summed E-state index contributed by atoms with van der Waals surface area (Å²) in [7, 11) is 0. The van der Waals surface area contributed by atoms with E-state index in [4.69, 9.17) is 16.9 Å². The molecular weight excluding hydrogens is 250 g/mol. The lowest BCUT2D eigenvalue weighted by Crippen LogP contribution is -1.79. The van der Waals surface area contributed by atoms with E-state index in [9.17, 15) is 0 Å². The third-order valence-electron chi connectivity index (χ3n) is 2.32. The molecule has 0 saturated carbocycles. The first-order chi connectivity index (χ1) is 8.19. The second kappa shape index (κ2) is 5.27. The zero-order valence-corrected chi connectivity index (χ0v) is 10.8. The van der Waals surface area contributed by atoms with Gasteiger partial charge < -0.3 is 0 Å². The third kappa shape index (κ3) is 3.03. The molecule has 84 valence electrons. The SMILES string of the molecule is Cc1ccc(Sc2ccc(C#N)c(Cl)c2)cc1. The second-order valence-corrected chi connectivity index (χ2v) is 5.22. The summed E-state index contributed by atoms with van der Waals surface area (Å²) in [6.07, 6.45) is 0. The van der Waals surface area contributed by atoms with E-state index in [0.29, 0.717) is 10.6 Å². The van der Waals surface area contributed by atoms with Crippen molar-refractivity contribution in [3.05, 3.63) is 58.6 Å². The minimum absolute atomic E-state index is 0.504. The molecular formula is C14H10ClNS. The van der Waals surface area contributed by atoms with E-state index < -0.39 is 0 Å². The van der Waals surface area contributed by atoms with Gasteiger partial charge in [-0.3, -0.25) is 0 Å². The van der Waals surface area contributed by atoms with E-state index in [1.54, 1.807) is 17.8 Å². The first kappa shape index (κ1) is 12.0. The van der Waals surface area contributed by atoms with Crippen molar-refractivity contribution in [3.8, 4) is 6.07 Å². The van der Waals surface area contributed by atoms with Gasteiger partial charge in [0.05, 0.1) is 10.6 Å². The van der Waals surface area contributed by atoms with Gasteiger partial charge in [-0.25, -0.2) is 0 Å². The van der Waals surface area contributed by atoms with Crippen LogP contribution in [0.2, 0.25) is 5.02 Å². The lowest BCUT2D eigenvalue weighted by atomic mass is 10.2. The van der Waals surface area contributed by atoms with E-state index in [0.717, 1.165) is 9.79 Å². The number of nitriles is 1. The summed E-state index contributed by atoms with van der Waals surface area (Å²) in [6, 6.07) is 15.8. The number of hydrogen-bond donors (Lipinski definition) is 0. The Labute approximate surface area is 110 Å². The molecule has 17 heavy (non-hydrogen) atoms. The van der Waals surface area contributed by atoms with Crippen LogP contribution in [-0.4, -0.2) is 0 Å². The Balaban J connectivity index is 2.22. The van der Waals surface area contributed by atoms with Crippen molar-refractivity contribution in [2.75, 3.05) is 0 Å². The topological polar surface area (TPSA) is 23.8 Å². The zero-order chi connectivity index (χ0) is 12.3. The number of rotatable bonds is 2. The second-order valence-electron chi connectivity index (χ2n) is 3.67. The molecule has 0 aromatic heterocycles. The summed E-state index contributed by atoms with van der Waals surface area (Å²) in [5.74, 6) is 0. The van der Waals surface area contributed by atoms with Crippen LogP contribution in [0.5, 0.6) is 0 Å². The molecule has 2 aromatic carbocycles. The molecule has 0 fully saturated rings. The van der Waals surface area contributed by atoms with Crippen molar-refractivity contribution in [1.82, 2.24) is 0 Å². The van der Waals surface area contributed by atoms with E-state index in [1.165, 1.54) is 5.56 Å². The molecule has 0 spiro atoms. The van der Waals surface area contributed by atoms with Crippen LogP contribution >= 0.6 is 23.4 Å². The third-order valence-corrected chi connectivity index (χ3v) is 3.63. The first-order valence-electron chi connectivity index (χ1n) is 5.13. The minimum Gasteiger partial charge on any atom is -0.192 e. The van der Waals surface area contributed by atoms with Gasteiger partial charge in [0.2, 0.25) is 0 Å². The summed E-state index contributed by atoms with van der Waals surface area (Å²) in [5, 5.41) is 9.29. The standard InChI is InChI=1S/C14H10ClNS/c1-10-2-5-12(6-3-10)17-13-7-4-11(9-16)14(15)8-13/h2-8H,1H3. The molecule has 0 aliphatic heterocycles. The fourth-order valence-electron chi connectivity index (χ4n) is 1.39. The van der Waals surface area contributed by atoms with Crippen LogP contribution in [0, 0.1) is 18.3 Å². The van der Waals surface area contributed by atoms with Gasteiger partial charge in [-0.15, -0.1) is 0 Å². The van der Waals surface area contributed by atoms with Crippen LogP contribution in [0.3, 0.4) is 0 Å². The van der Waals surface area contributed by atoms with Gasteiger partial charge in [0.1, 0.15) is 6.07 Å². The number of nitrogens with zero attached hydrogens (tertiary/aromatic N) is 1. The molecule has 0 atom stereocenters. The molecule has 0 unspecified atom stereocenters. The van der Waals surface area contributed by atoms with Crippen LogP contribution < -0.4 is 0 Å². The van der Waals surface area contributed by atoms with Crippen LogP contribution in [0.4, 0.5) is 0 Å². The van der Waals surface area contributed by atoms with Crippen LogP contribution in [0.1, 0.15) is 11.1 Å². The smallest absolute Gasteiger partial charge is 0.101 e. The van der Waals surface area contributed by atoms with Crippen molar-refractivity contribution in [2.45, 2.75) is 16.7 Å². The molecule has 2 rings (SSSR count). The van der Waals surface area contributed by atoms with E-state index >= 15 is 0 Å². The lowest BCUT2D eigenvalue weighted by molar-refractivity contribution is 1.35. The van der Waals surface area contributed by atoms with Gasteiger partial charge >= 0.3 is 0 Å². The van der Waals surface area contributed by atoms with Gasteiger partial charge in [0.25, 0.3) is 0 Å². The number of hydrogen-bond acceptors (Lipinski definition) is 2. The maximum absolute atomic E-state index is 8.79. The van der Waals surface area contributed by atoms with E-state index in [2.05, 4.69) is 37.3 Å². The predicted molar refractivity (Wildman–Crippen MR) is 71.5 cm³/mol. The van der Waals surface area contributed by atoms with Crippen molar-refractivity contribution in [1.29, 1.82) is 5.26 Å². The molecule has 0 aliphatic rings. The maximum Gasteiger partial charge on any atom is 0.101 e. The van der Waals surface area contributed by atoms with Gasteiger partial charge in [-0.2, -0.15) is 5.26 Å². The lowest BCUT2D eigenvalue weighted by Gasteiger charge is -2.03. The van der Waals surface area contributed by atoms with Gasteiger partial charge in [0.15, 0.2) is 0 Å².